The standard InChI is InChI=1S/C16H13Cl2FN2O2/c1-16(2,23)11-7-21-4-3-8(5-12(21)20-11)13-14(18)9(17)6-10(19)15(13)22/h3-7,22-23H,1-2H3. The van der Waals surface area contributed by atoms with Crippen molar-refractivity contribution in [3.8, 4) is 16.9 Å². The van der Waals surface area contributed by atoms with E-state index < -0.39 is 17.2 Å². The first-order valence-electron chi connectivity index (χ1n) is 6.77. The molecule has 120 valence electrons. The van der Waals surface area contributed by atoms with Crippen molar-refractivity contribution < 1.29 is 14.6 Å². The van der Waals surface area contributed by atoms with E-state index in [4.69, 9.17) is 23.2 Å². The summed E-state index contributed by atoms with van der Waals surface area (Å²) in [5.41, 5.74) is 0.493. The Morgan fingerprint density at radius 1 is 1.26 bits per heavy atom. The third-order valence-electron chi connectivity index (χ3n) is 3.52. The van der Waals surface area contributed by atoms with Crippen LogP contribution in [0.2, 0.25) is 10.0 Å². The Morgan fingerprint density at radius 3 is 2.61 bits per heavy atom. The number of rotatable bonds is 2. The summed E-state index contributed by atoms with van der Waals surface area (Å²) in [5, 5.41) is 20.1. The molecule has 0 fully saturated rings. The van der Waals surface area contributed by atoms with E-state index in [2.05, 4.69) is 4.98 Å². The number of aromatic nitrogens is 2. The lowest BCUT2D eigenvalue weighted by Gasteiger charge is -2.12. The number of aliphatic hydroxyl groups is 1. The number of hydrogen-bond donors (Lipinski definition) is 2. The van der Waals surface area contributed by atoms with E-state index in [0.29, 0.717) is 16.9 Å². The zero-order valence-corrected chi connectivity index (χ0v) is 13.8. The predicted octanol–water partition coefficient (Wildman–Crippen LogP) is 4.38. The molecule has 3 rings (SSSR count). The molecular formula is C16H13Cl2FN2O2. The molecule has 0 unspecified atom stereocenters. The topological polar surface area (TPSA) is 57.8 Å². The SMILES string of the molecule is CC(C)(O)c1cn2ccc(-c3c(O)c(F)cc(Cl)c3Cl)cc2n1. The van der Waals surface area contributed by atoms with E-state index in [-0.39, 0.29) is 15.6 Å². The summed E-state index contributed by atoms with van der Waals surface area (Å²) >= 11 is 12.0. The number of aromatic hydroxyl groups is 1. The fourth-order valence-electron chi connectivity index (χ4n) is 2.28. The van der Waals surface area contributed by atoms with Gasteiger partial charge in [-0.25, -0.2) is 9.37 Å². The van der Waals surface area contributed by atoms with Crippen LogP contribution in [-0.4, -0.2) is 19.6 Å². The Balaban J connectivity index is 2.22. The smallest absolute Gasteiger partial charge is 0.167 e. The van der Waals surface area contributed by atoms with Crippen molar-refractivity contribution in [2.75, 3.05) is 0 Å². The van der Waals surface area contributed by atoms with E-state index in [1.165, 1.54) is 0 Å². The van der Waals surface area contributed by atoms with Crippen LogP contribution in [0.5, 0.6) is 5.75 Å². The molecule has 0 aliphatic carbocycles. The van der Waals surface area contributed by atoms with Gasteiger partial charge in [0.1, 0.15) is 11.2 Å². The van der Waals surface area contributed by atoms with Gasteiger partial charge in [-0.1, -0.05) is 23.2 Å². The van der Waals surface area contributed by atoms with Crippen molar-refractivity contribution in [1.82, 2.24) is 9.38 Å². The second-order valence-corrected chi connectivity index (χ2v) is 6.53. The molecule has 2 aromatic heterocycles. The quantitative estimate of drug-likeness (QED) is 0.671. The van der Waals surface area contributed by atoms with Crippen LogP contribution < -0.4 is 0 Å². The number of nitrogens with zero attached hydrogens (tertiary/aromatic N) is 2. The van der Waals surface area contributed by atoms with Crippen LogP contribution in [0.15, 0.2) is 30.6 Å². The molecule has 2 N–H and O–H groups in total. The summed E-state index contributed by atoms with van der Waals surface area (Å²) in [5.74, 6) is -1.42. The zero-order chi connectivity index (χ0) is 16.9. The van der Waals surface area contributed by atoms with E-state index in [1.54, 1.807) is 42.8 Å². The van der Waals surface area contributed by atoms with E-state index >= 15 is 0 Å². The minimum atomic E-state index is -1.09. The first kappa shape index (κ1) is 16.1. The highest BCUT2D eigenvalue weighted by atomic mass is 35.5. The number of phenolic OH excluding ortho intramolecular Hbond substituents is 1. The summed E-state index contributed by atoms with van der Waals surface area (Å²) in [6, 6.07) is 4.24. The maximum Gasteiger partial charge on any atom is 0.167 e. The van der Waals surface area contributed by atoms with Crippen LogP contribution in [0.4, 0.5) is 4.39 Å². The van der Waals surface area contributed by atoms with E-state index in [9.17, 15) is 14.6 Å². The maximum atomic E-state index is 13.7. The second kappa shape index (κ2) is 5.37. The van der Waals surface area contributed by atoms with Crippen molar-refractivity contribution in [3.05, 3.63) is 52.1 Å². The van der Waals surface area contributed by atoms with Gasteiger partial charge in [0, 0.05) is 18.0 Å². The molecule has 23 heavy (non-hydrogen) atoms. The van der Waals surface area contributed by atoms with Gasteiger partial charge in [0.15, 0.2) is 11.6 Å². The summed E-state index contributed by atoms with van der Waals surface area (Å²) in [6.45, 7) is 3.26. The van der Waals surface area contributed by atoms with Crippen LogP contribution in [0.25, 0.3) is 16.8 Å². The number of fused-ring (bicyclic) bond motifs is 1. The molecule has 0 saturated heterocycles. The fraction of sp³-hybridized carbons (Fsp3) is 0.188. The van der Waals surface area contributed by atoms with Gasteiger partial charge in [0.25, 0.3) is 0 Å². The fourth-order valence-corrected chi connectivity index (χ4v) is 2.72. The van der Waals surface area contributed by atoms with Gasteiger partial charge in [-0.05, 0) is 37.6 Å². The molecule has 0 amide bonds. The summed E-state index contributed by atoms with van der Waals surface area (Å²) in [4.78, 5) is 4.34. The lowest BCUT2D eigenvalue weighted by Crippen LogP contribution is -2.15. The molecule has 0 saturated carbocycles. The third-order valence-corrected chi connectivity index (χ3v) is 4.31. The number of phenols is 1. The average Bonchev–Trinajstić information content (AvgIpc) is 2.89. The number of pyridine rings is 1. The molecule has 0 bridgehead atoms. The molecular weight excluding hydrogens is 342 g/mol. The van der Waals surface area contributed by atoms with Crippen molar-refractivity contribution in [2.24, 2.45) is 0 Å². The molecule has 4 nitrogen and oxygen atoms in total. The largest absolute Gasteiger partial charge is 0.504 e. The second-order valence-electron chi connectivity index (χ2n) is 5.74. The molecule has 0 spiro atoms. The lowest BCUT2D eigenvalue weighted by atomic mass is 10.1. The number of imidazole rings is 1. The molecule has 1 aromatic carbocycles. The maximum absolute atomic E-state index is 13.7. The van der Waals surface area contributed by atoms with Crippen LogP contribution in [0.1, 0.15) is 19.5 Å². The molecule has 0 atom stereocenters. The Bertz CT molecular complexity index is 890. The normalized spacial score (nSPS) is 12.1. The Kier molecular flexibility index (Phi) is 3.75. The number of hydrogen-bond acceptors (Lipinski definition) is 3. The lowest BCUT2D eigenvalue weighted by molar-refractivity contribution is 0.0744. The molecule has 0 radical (unpaired) electrons. The molecule has 3 aromatic rings. The molecule has 7 heteroatoms. The Labute approximate surface area is 141 Å². The highest BCUT2D eigenvalue weighted by Gasteiger charge is 2.21. The minimum absolute atomic E-state index is 0.0114. The van der Waals surface area contributed by atoms with Gasteiger partial charge >= 0.3 is 0 Å². The summed E-state index contributed by atoms with van der Waals surface area (Å²) in [7, 11) is 0. The minimum Gasteiger partial charge on any atom is -0.504 e. The zero-order valence-electron chi connectivity index (χ0n) is 12.3. The van der Waals surface area contributed by atoms with Crippen LogP contribution in [0.3, 0.4) is 0 Å². The van der Waals surface area contributed by atoms with Crippen LogP contribution in [0, 0.1) is 5.82 Å². The van der Waals surface area contributed by atoms with Gasteiger partial charge in [-0.3, -0.25) is 0 Å². The average molecular weight is 355 g/mol. The number of benzene rings is 1. The molecule has 0 aliphatic rings. The molecule has 0 aliphatic heterocycles. The number of halogens is 3. The first-order chi connectivity index (χ1) is 10.7. The summed E-state index contributed by atoms with van der Waals surface area (Å²) < 4.78 is 15.4. The van der Waals surface area contributed by atoms with Crippen molar-refractivity contribution in [1.29, 1.82) is 0 Å². The van der Waals surface area contributed by atoms with Gasteiger partial charge < -0.3 is 14.6 Å². The Morgan fingerprint density at radius 2 is 1.96 bits per heavy atom. The van der Waals surface area contributed by atoms with Crippen LogP contribution >= 0.6 is 23.2 Å². The molecule has 2 heterocycles. The third kappa shape index (κ3) is 2.76. The van der Waals surface area contributed by atoms with Crippen molar-refractivity contribution in [2.45, 2.75) is 19.4 Å². The van der Waals surface area contributed by atoms with Crippen molar-refractivity contribution in [3.63, 3.8) is 0 Å². The van der Waals surface area contributed by atoms with Crippen molar-refractivity contribution >= 4 is 28.8 Å². The van der Waals surface area contributed by atoms with Gasteiger partial charge in [0.2, 0.25) is 0 Å². The van der Waals surface area contributed by atoms with Crippen LogP contribution in [-0.2, 0) is 5.60 Å². The first-order valence-corrected chi connectivity index (χ1v) is 7.52. The van der Waals surface area contributed by atoms with Gasteiger partial charge in [-0.15, -0.1) is 0 Å². The predicted molar refractivity (Wildman–Crippen MR) is 87.5 cm³/mol. The monoisotopic (exact) mass is 354 g/mol. The van der Waals surface area contributed by atoms with E-state index in [0.717, 1.165) is 6.07 Å². The van der Waals surface area contributed by atoms with Gasteiger partial charge in [-0.2, -0.15) is 0 Å². The highest BCUT2D eigenvalue weighted by molar-refractivity contribution is 6.44. The summed E-state index contributed by atoms with van der Waals surface area (Å²) in [6.07, 6.45) is 3.38. The Hall–Kier alpha value is -1.82. The van der Waals surface area contributed by atoms with Gasteiger partial charge in [0.05, 0.1) is 15.7 Å². The highest BCUT2D eigenvalue weighted by Crippen LogP contribution is 2.42. The van der Waals surface area contributed by atoms with E-state index in [1.807, 2.05) is 0 Å².